The third-order valence-electron chi connectivity index (χ3n) is 3.32. The molecule has 0 saturated heterocycles. The van der Waals surface area contributed by atoms with Crippen LogP contribution in [-0.4, -0.2) is 87.9 Å². The second-order valence-electron chi connectivity index (χ2n) is 5.41. The highest BCUT2D eigenvalue weighted by Crippen LogP contribution is 2.05. The van der Waals surface area contributed by atoms with E-state index < -0.39 is 16.8 Å². The summed E-state index contributed by atoms with van der Waals surface area (Å²) in [5.41, 5.74) is 4.90. The molecule has 0 spiro atoms. The SMILES string of the molecule is O=C(O)CCOCCOCCOCCOCCNC(=O)C1=C([N+](=O)[O-])NNC1. The van der Waals surface area contributed by atoms with Crippen molar-refractivity contribution in [3.05, 3.63) is 21.5 Å². The molecule has 0 atom stereocenters. The van der Waals surface area contributed by atoms with Crippen LogP contribution in [0.25, 0.3) is 0 Å². The van der Waals surface area contributed by atoms with Crippen LogP contribution in [0.5, 0.6) is 0 Å². The molecule has 0 saturated carbocycles. The number of aliphatic carboxylic acids is 1. The van der Waals surface area contributed by atoms with E-state index in [9.17, 15) is 19.7 Å². The van der Waals surface area contributed by atoms with E-state index in [4.69, 9.17) is 24.1 Å². The van der Waals surface area contributed by atoms with Crippen LogP contribution in [0.2, 0.25) is 0 Å². The van der Waals surface area contributed by atoms with Gasteiger partial charge in [0.05, 0.1) is 65.8 Å². The summed E-state index contributed by atoms with van der Waals surface area (Å²) in [5, 5.41) is 21.7. The average molecular weight is 406 g/mol. The molecule has 13 heteroatoms. The predicted molar refractivity (Wildman–Crippen MR) is 93.7 cm³/mol. The standard InChI is InChI=1S/C15H26N4O9/c20-13(21)1-3-25-5-7-27-9-10-28-8-6-26-4-2-16-15(22)12-11-17-18-14(12)19(23)24/h17-18H,1-11H2,(H,16,22)(H,20,21). The maximum absolute atomic E-state index is 11.8. The van der Waals surface area contributed by atoms with E-state index in [0.717, 1.165) is 0 Å². The molecule has 28 heavy (non-hydrogen) atoms. The van der Waals surface area contributed by atoms with Crippen LogP contribution in [0.1, 0.15) is 6.42 Å². The Balaban J connectivity index is 1.87. The highest BCUT2D eigenvalue weighted by Gasteiger charge is 2.28. The Bertz CT molecular complexity index is 542. The fourth-order valence-corrected chi connectivity index (χ4v) is 1.98. The van der Waals surface area contributed by atoms with Gasteiger partial charge in [-0.2, -0.15) is 10.9 Å². The Kier molecular flexibility index (Phi) is 12.5. The van der Waals surface area contributed by atoms with Gasteiger partial charge in [0, 0.05) is 6.54 Å². The minimum atomic E-state index is -0.899. The van der Waals surface area contributed by atoms with Crippen LogP contribution in [0.15, 0.2) is 11.4 Å². The lowest BCUT2D eigenvalue weighted by molar-refractivity contribution is -0.432. The Morgan fingerprint density at radius 3 is 2.07 bits per heavy atom. The lowest BCUT2D eigenvalue weighted by Gasteiger charge is -2.08. The van der Waals surface area contributed by atoms with E-state index in [1.807, 2.05) is 0 Å². The van der Waals surface area contributed by atoms with Crippen molar-refractivity contribution in [3.8, 4) is 0 Å². The fraction of sp³-hybridized carbons (Fsp3) is 0.733. The smallest absolute Gasteiger partial charge is 0.344 e. The number of carbonyl (C=O) groups excluding carboxylic acids is 1. The Labute approximate surface area is 161 Å². The highest BCUT2D eigenvalue weighted by molar-refractivity contribution is 5.94. The summed E-state index contributed by atoms with van der Waals surface area (Å²) in [6.07, 6.45) is -0.0288. The van der Waals surface area contributed by atoms with Gasteiger partial charge in [-0.05, 0) is 4.92 Å². The summed E-state index contributed by atoms with van der Waals surface area (Å²) < 4.78 is 20.9. The van der Waals surface area contributed by atoms with Crippen molar-refractivity contribution in [2.24, 2.45) is 0 Å². The number of hydrazine groups is 1. The van der Waals surface area contributed by atoms with E-state index in [1.165, 1.54) is 0 Å². The van der Waals surface area contributed by atoms with Crippen molar-refractivity contribution in [2.45, 2.75) is 6.42 Å². The molecule has 1 amide bonds. The van der Waals surface area contributed by atoms with Gasteiger partial charge in [0.25, 0.3) is 5.91 Å². The Hall–Kier alpha value is -2.32. The quantitative estimate of drug-likeness (QED) is 0.122. The van der Waals surface area contributed by atoms with E-state index >= 15 is 0 Å². The molecule has 1 rings (SSSR count). The third kappa shape index (κ3) is 10.7. The average Bonchev–Trinajstić information content (AvgIpc) is 3.14. The Morgan fingerprint density at radius 2 is 1.54 bits per heavy atom. The monoisotopic (exact) mass is 406 g/mol. The summed E-state index contributed by atoms with van der Waals surface area (Å²) in [5.74, 6) is -1.77. The minimum absolute atomic E-state index is 0.0288. The van der Waals surface area contributed by atoms with Crippen LogP contribution in [-0.2, 0) is 28.5 Å². The second-order valence-corrected chi connectivity index (χ2v) is 5.41. The molecular weight excluding hydrogens is 380 g/mol. The van der Waals surface area contributed by atoms with E-state index in [2.05, 4.69) is 16.2 Å². The molecule has 1 heterocycles. The maximum atomic E-state index is 11.8. The van der Waals surface area contributed by atoms with Gasteiger partial charge in [-0.3, -0.25) is 9.59 Å². The number of hydrogen-bond acceptors (Lipinski definition) is 10. The largest absolute Gasteiger partial charge is 0.481 e. The van der Waals surface area contributed by atoms with Crippen molar-refractivity contribution in [1.29, 1.82) is 0 Å². The summed E-state index contributed by atoms with van der Waals surface area (Å²) in [6.45, 7) is 2.85. The first kappa shape index (κ1) is 23.7. The number of nitrogens with one attached hydrogen (secondary N) is 3. The number of carbonyl (C=O) groups is 2. The lowest BCUT2D eigenvalue weighted by atomic mass is 10.2. The van der Waals surface area contributed by atoms with Gasteiger partial charge < -0.3 is 39.5 Å². The number of amides is 1. The molecule has 13 nitrogen and oxygen atoms in total. The van der Waals surface area contributed by atoms with Crippen LogP contribution < -0.4 is 16.2 Å². The molecule has 0 aromatic heterocycles. The maximum Gasteiger partial charge on any atom is 0.344 e. The third-order valence-corrected chi connectivity index (χ3v) is 3.32. The summed E-state index contributed by atoms with van der Waals surface area (Å²) in [4.78, 5) is 32.2. The van der Waals surface area contributed by atoms with Crippen molar-refractivity contribution in [1.82, 2.24) is 16.2 Å². The number of nitrogens with zero attached hydrogens (tertiary/aromatic N) is 1. The highest BCUT2D eigenvalue weighted by atomic mass is 16.6. The van der Waals surface area contributed by atoms with Crippen LogP contribution in [0.4, 0.5) is 0 Å². The summed E-state index contributed by atoms with van der Waals surface area (Å²) in [7, 11) is 0. The van der Waals surface area contributed by atoms with Crippen LogP contribution in [0, 0.1) is 10.1 Å². The van der Waals surface area contributed by atoms with E-state index in [0.29, 0.717) is 39.6 Å². The van der Waals surface area contributed by atoms with Gasteiger partial charge in [0.15, 0.2) is 0 Å². The van der Waals surface area contributed by atoms with E-state index in [1.54, 1.807) is 0 Å². The summed E-state index contributed by atoms with van der Waals surface area (Å²) in [6, 6.07) is 0. The van der Waals surface area contributed by atoms with Crippen LogP contribution >= 0.6 is 0 Å². The zero-order valence-electron chi connectivity index (χ0n) is 15.4. The fourth-order valence-electron chi connectivity index (χ4n) is 1.98. The van der Waals surface area contributed by atoms with Gasteiger partial charge in [-0.1, -0.05) is 0 Å². The lowest BCUT2D eigenvalue weighted by Crippen LogP contribution is -2.31. The predicted octanol–water partition coefficient (Wildman–Crippen LogP) is -1.76. The number of carboxylic acid groups (broad SMARTS) is 1. The van der Waals surface area contributed by atoms with Crippen molar-refractivity contribution in [2.75, 3.05) is 65.9 Å². The van der Waals surface area contributed by atoms with Gasteiger partial charge >= 0.3 is 11.8 Å². The first-order valence-corrected chi connectivity index (χ1v) is 8.69. The number of ether oxygens (including phenoxy) is 4. The molecule has 0 fully saturated rings. The molecule has 0 unspecified atom stereocenters. The molecule has 1 aliphatic rings. The van der Waals surface area contributed by atoms with Gasteiger partial charge in [-0.25, -0.2) is 0 Å². The van der Waals surface area contributed by atoms with Gasteiger partial charge in [0.2, 0.25) is 0 Å². The zero-order valence-corrected chi connectivity index (χ0v) is 15.4. The molecule has 160 valence electrons. The first-order valence-electron chi connectivity index (χ1n) is 8.69. The van der Waals surface area contributed by atoms with E-state index in [-0.39, 0.29) is 44.1 Å². The Morgan fingerprint density at radius 1 is 1.00 bits per heavy atom. The number of hydrogen-bond donors (Lipinski definition) is 4. The topological polar surface area (TPSA) is 171 Å². The number of nitro groups is 1. The number of rotatable bonds is 17. The van der Waals surface area contributed by atoms with Crippen molar-refractivity contribution >= 4 is 11.9 Å². The number of carboxylic acids is 1. The van der Waals surface area contributed by atoms with Gasteiger partial charge in [0.1, 0.15) is 5.57 Å². The molecule has 1 aliphatic heterocycles. The van der Waals surface area contributed by atoms with Crippen molar-refractivity contribution < 1.29 is 38.6 Å². The first-order chi connectivity index (χ1) is 13.5. The molecule has 0 aromatic rings. The molecule has 0 aromatic carbocycles. The van der Waals surface area contributed by atoms with Crippen molar-refractivity contribution in [3.63, 3.8) is 0 Å². The normalized spacial score (nSPS) is 13.4. The van der Waals surface area contributed by atoms with Gasteiger partial charge in [-0.15, -0.1) is 0 Å². The molecule has 0 aliphatic carbocycles. The summed E-state index contributed by atoms with van der Waals surface area (Å²) >= 11 is 0. The molecule has 0 radical (unpaired) electrons. The molecule has 0 bridgehead atoms. The van der Waals surface area contributed by atoms with Crippen LogP contribution in [0.3, 0.4) is 0 Å². The minimum Gasteiger partial charge on any atom is -0.481 e. The molecule has 4 N–H and O–H groups in total. The zero-order chi connectivity index (χ0) is 20.6. The molecular formula is C15H26N4O9. The second kappa shape index (κ2) is 14.7.